The van der Waals surface area contributed by atoms with E-state index < -0.39 is 0 Å². The lowest BCUT2D eigenvalue weighted by atomic mass is 10.1. The first-order chi connectivity index (χ1) is 12.6. The quantitative estimate of drug-likeness (QED) is 0.733. The molecule has 1 amide bonds. The summed E-state index contributed by atoms with van der Waals surface area (Å²) >= 11 is 9.50. The first kappa shape index (κ1) is 17.6. The van der Waals surface area contributed by atoms with Crippen molar-refractivity contribution in [2.45, 2.75) is 6.54 Å². The number of amides is 1. The number of halogens is 2. The molecule has 0 aromatic heterocycles. The van der Waals surface area contributed by atoms with Gasteiger partial charge < -0.3 is 14.4 Å². The molecule has 0 N–H and O–H groups in total. The second-order valence-electron chi connectivity index (χ2n) is 6.37. The molecule has 7 heteroatoms. The summed E-state index contributed by atoms with van der Waals surface area (Å²) in [7, 11) is 0. The van der Waals surface area contributed by atoms with Crippen molar-refractivity contribution in [3.63, 3.8) is 0 Å². The topological polar surface area (TPSA) is 42.0 Å². The van der Waals surface area contributed by atoms with Crippen LogP contribution in [0, 0.1) is 0 Å². The fourth-order valence-electron chi connectivity index (χ4n) is 3.21. The Morgan fingerprint density at radius 1 is 1.04 bits per heavy atom. The maximum atomic E-state index is 12.6. The van der Waals surface area contributed by atoms with Gasteiger partial charge in [0.1, 0.15) is 0 Å². The number of carbonyl (C=O) groups excluding carboxylic acids is 1. The molecule has 0 saturated carbocycles. The van der Waals surface area contributed by atoms with Gasteiger partial charge in [-0.25, -0.2) is 0 Å². The average Bonchev–Trinajstić information content (AvgIpc) is 3.10. The Balaban J connectivity index is 1.37. The van der Waals surface area contributed by atoms with Crippen molar-refractivity contribution < 1.29 is 14.3 Å². The van der Waals surface area contributed by atoms with Gasteiger partial charge >= 0.3 is 0 Å². The molecule has 2 aromatic carbocycles. The fourth-order valence-corrected chi connectivity index (χ4v) is 3.78. The van der Waals surface area contributed by atoms with Crippen LogP contribution in [0.1, 0.15) is 15.9 Å². The van der Waals surface area contributed by atoms with Gasteiger partial charge in [-0.05, 0) is 42.0 Å². The zero-order chi connectivity index (χ0) is 18.1. The smallest absolute Gasteiger partial charge is 0.253 e. The summed E-state index contributed by atoms with van der Waals surface area (Å²) in [6, 6.07) is 11.0. The maximum absolute atomic E-state index is 12.6. The predicted octanol–water partition coefficient (Wildman–Crippen LogP) is 3.79. The highest BCUT2D eigenvalue weighted by Crippen LogP contribution is 2.37. The maximum Gasteiger partial charge on any atom is 0.253 e. The lowest BCUT2D eigenvalue weighted by Crippen LogP contribution is -2.48. The van der Waals surface area contributed by atoms with Gasteiger partial charge in [-0.15, -0.1) is 0 Å². The third-order valence-corrected chi connectivity index (χ3v) is 5.68. The van der Waals surface area contributed by atoms with Gasteiger partial charge in [0.05, 0.1) is 0 Å². The molecule has 0 bridgehead atoms. The van der Waals surface area contributed by atoms with Crippen LogP contribution < -0.4 is 9.47 Å². The minimum atomic E-state index is 0.0607. The summed E-state index contributed by atoms with van der Waals surface area (Å²) in [6.45, 7) is 4.17. The van der Waals surface area contributed by atoms with Crippen molar-refractivity contribution in [2.75, 3.05) is 33.0 Å². The van der Waals surface area contributed by atoms with E-state index in [1.165, 1.54) is 0 Å². The Bertz CT molecular complexity index is 820. The predicted molar refractivity (Wildman–Crippen MR) is 103 cm³/mol. The van der Waals surface area contributed by atoms with Crippen molar-refractivity contribution in [3.8, 4) is 11.5 Å². The van der Waals surface area contributed by atoms with Crippen LogP contribution in [0.25, 0.3) is 0 Å². The van der Waals surface area contributed by atoms with Crippen LogP contribution in [0.5, 0.6) is 11.5 Å². The molecule has 2 aliphatic rings. The number of benzene rings is 2. The van der Waals surface area contributed by atoms with Crippen molar-refractivity contribution >= 4 is 33.4 Å². The van der Waals surface area contributed by atoms with Crippen molar-refractivity contribution in [3.05, 3.63) is 57.0 Å². The zero-order valence-electron chi connectivity index (χ0n) is 14.1. The molecule has 0 atom stereocenters. The van der Waals surface area contributed by atoms with Crippen LogP contribution in [-0.4, -0.2) is 48.7 Å². The standard InChI is InChI=1S/C19H18BrClN2O3/c20-16-10-18-17(25-12-26-18)9-14(16)11-22-5-7-23(8-6-22)19(24)13-1-3-15(21)4-2-13/h1-4,9-10H,5-8,11-12H2. The van der Waals surface area contributed by atoms with E-state index in [9.17, 15) is 4.79 Å². The molecule has 0 unspecified atom stereocenters. The number of hydrogen-bond acceptors (Lipinski definition) is 4. The summed E-state index contributed by atoms with van der Waals surface area (Å²) < 4.78 is 11.9. The normalized spacial score (nSPS) is 16.8. The monoisotopic (exact) mass is 436 g/mol. The van der Waals surface area contributed by atoms with Crippen LogP contribution in [0.4, 0.5) is 0 Å². The molecule has 2 aliphatic heterocycles. The Labute approximate surface area is 165 Å². The van der Waals surface area contributed by atoms with Crippen LogP contribution in [0.2, 0.25) is 5.02 Å². The van der Waals surface area contributed by atoms with Gasteiger partial charge in [-0.3, -0.25) is 9.69 Å². The molecule has 0 aliphatic carbocycles. The molecule has 0 radical (unpaired) electrons. The van der Waals surface area contributed by atoms with E-state index in [1.54, 1.807) is 24.3 Å². The number of carbonyl (C=O) groups is 1. The SMILES string of the molecule is O=C(c1ccc(Cl)cc1)N1CCN(Cc2cc3c(cc2Br)OCO3)CC1. The molecular weight excluding hydrogens is 420 g/mol. The molecule has 1 saturated heterocycles. The third-order valence-electron chi connectivity index (χ3n) is 4.69. The molecule has 136 valence electrons. The summed E-state index contributed by atoms with van der Waals surface area (Å²) in [6.07, 6.45) is 0. The molecule has 4 rings (SSSR count). The van der Waals surface area contributed by atoms with Gasteiger partial charge in [-0.1, -0.05) is 27.5 Å². The summed E-state index contributed by atoms with van der Waals surface area (Å²) in [5.74, 6) is 1.63. The highest BCUT2D eigenvalue weighted by Gasteiger charge is 2.23. The Morgan fingerprint density at radius 2 is 1.69 bits per heavy atom. The molecule has 26 heavy (non-hydrogen) atoms. The Kier molecular flexibility index (Phi) is 5.07. The van der Waals surface area contributed by atoms with Crippen LogP contribution >= 0.6 is 27.5 Å². The number of ether oxygens (including phenoxy) is 2. The minimum absolute atomic E-state index is 0.0607. The van der Waals surface area contributed by atoms with Gasteiger partial charge in [0.2, 0.25) is 6.79 Å². The van der Waals surface area contributed by atoms with E-state index in [4.69, 9.17) is 21.1 Å². The van der Waals surface area contributed by atoms with Gasteiger partial charge in [0, 0.05) is 47.8 Å². The van der Waals surface area contributed by atoms with Crippen molar-refractivity contribution in [1.29, 1.82) is 0 Å². The molecule has 2 heterocycles. The van der Waals surface area contributed by atoms with Crippen molar-refractivity contribution in [2.24, 2.45) is 0 Å². The van der Waals surface area contributed by atoms with E-state index in [0.717, 1.165) is 41.2 Å². The van der Waals surface area contributed by atoms with E-state index >= 15 is 0 Å². The second kappa shape index (κ2) is 7.47. The Morgan fingerprint density at radius 3 is 2.38 bits per heavy atom. The van der Waals surface area contributed by atoms with Gasteiger partial charge in [0.15, 0.2) is 11.5 Å². The molecule has 5 nitrogen and oxygen atoms in total. The zero-order valence-corrected chi connectivity index (χ0v) is 16.4. The number of nitrogens with zero attached hydrogens (tertiary/aromatic N) is 2. The first-order valence-corrected chi connectivity index (χ1v) is 9.62. The number of hydrogen-bond donors (Lipinski definition) is 0. The lowest BCUT2D eigenvalue weighted by Gasteiger charge is -2.35. The van der Waals surface area contributed by atoms with E-state index in [0.29, 0.717) is 23.7 Å². The first-order valence-electron chi connectivity index (χ1n) is 8.45. The highest BCUT2D eigenvalue weighted by atomic mass is 79.9. The van der Waals surface area contributed by atoms with E-state index in [2.05, 4.69) is 20.8 Å². The van der Waals surface area contributed by atoms with Crippen LogP contribution in [0.3, 0.4) is 0 Å². The second-order valence-corrected chi connectivity index (χ2v) is 7.66. The Hall–Kier alpha value is -1.76. The molecular formula is C19H18BrClN2O3. The molecule has 2 aromatic rings. The van der Waals surface area contributed by atoms with Gasteiger partial charge in [0.25, 0.3) is 5.91 Å². The highest BCUT2D eigenvalue weighted by molar-refractivity contribution is 9.10. The van der Waals surface area contributed by atoms with Crippen LogP contribution in [0.15, 0.2) is 40.9 Å². The molecule has 1 fully saturated rings. The largest absolute Gasteiger partial charge is 0.454 e. The van der Waals surface area contributed by atoms with Crippen molar-refractivity contribution in [1.82, 2.24) is 9.80 Å². The van der Waals surface area contributed by atoms with E-state index in [-0.39, 0.29) is 12.7 Å². The number of fused-ring (bicyclic) bond motifs is 1. The third kappa shape index (κ3) is 3.68. The summed E-state index contributed by atoms with van der Waals surface area (Å²) in [5, 5.41) is 0.640. The number of rotatable bonds is 3. The summed E-state index contributed by atoms with van der Waals surface area (Å²) in [4.78, 5) is 16.8. The van der Waals surface area contributed by atoms with E-state index in [1.807, 2.05) is 17.0 Å². The van der Waals surface area contributed by atoms with Gasteiger partial charge in [-0.2, -0.15) is 0 Å². The molecule has 0 spiro atoms. The lowest BCUT2D eigenvalue weighted by molar-refractivity contribution is 0.0628. The number of piperazine rings is 1. The van der Waals surface area contributed by atoms with Crippen LogP contribution in [-0.2, 0) is 6.54 Å². The summed E-state index contributed by atoms with van der Waals surface area (Å²) in [5.41, 5.74) is 1.84. The fraction of sp³-hybridized carbons (Fsp3) is 0.316. The average molecular weight is 438 g/mol. The minimum Gasteiger partial charge on any atom is -0.454 e.